The molecule has 0 saturated carbocycles. The number of hydrogen-bond donors (Lipinski definition) is 3. The van der Waals surface area contributed by atoms with E-state index in [9.17, 15) is 14.7 Å². The summed E-state index contributed by atoms with van der Waals surface area (Å²) >= 11 is 6.26. The number of carboxylic acid groups (broad SMARTS) is 1. The van der Waals surface area contributed by atoms with E-state index in [0.717, 1.165) is 23.1 Å². The Labute approximate surface area is 245 Å². The molecule has 5 rings (SSSR count). The molecule has 42 heavy (non-hydrogen) atoms. The normalized spacial score (nSPS) is 11.8. The van der Waals surface area contributed by atoms with Crippen molar-refractivity contribution in [3.63, 3.8) is 0 Å². The van der Waals surface area contributed by atoms with Crippen molar-refractivity contribution >= 4 is 23.5 Å². The highest BCUT2D eigenvalue weighted by atomic mass is 35.5. The number of rotatable bonds is 12. The van der Waals surface area contributed by atoms with Crippen molar-refractivity contribution in [1.82, 2.24) is 40.9 Å². The summed E-state index contributed by atoms with van der Waals surface area (Å²) in [5, 5.41) is 26.9. The van der Waals surface area contributed by atoms with Crippen LogP contribution in [0, 0.1) is 0 Å². The van der Waals surface area contributed by atoms with Gasteiger partial charge in [-0.05, 0) is 29.7 Å². The minimum atomic E-state index is -1.05. The minimum Gasteiger partial charge on any atom is -0.481 e. The van der Waals surface area contributed by atoms with Gasteiger partial charge in [-0.15, -0.1) is 10.2 Å². The van der Waals surface area contributed by atoms with Crippen LogP contribution in [-0.2, 0) is 24.1 Å². The second-order valence-electron chi connectivity index (χ2n) is 9.55. The molecule has 13 heteroatoms. The van der Waals surface area contributed by atoms with E-state index in [4.69, 9.17) is 16.0 Å². The first-order valence-electron chi connectivity index (χ1n) is 13.3. The molecule has 1 amide bonds. The number of nitrogens with zero attached hydrogens (tertiary/aromatic N) is 6. The van der Waals surface area contributed by atoms with Gasteiger partial charge >= 0.3 is 11.9 Å². The van der Waals surface area contributed by atoms with Gasteiger partial charge in [0.2, 0.25) is 5.82 Å². The van der Waals surface area contributed by atoms with Gasteiger partial charge in [-0.25, -0.2) is 4.98 Å². The Bertz CT molecular complexity index is 1670. The van der Waals surface area contributed by atoms with Crippen LogP contribution in [0.4, 0.5) is 0 Å². The molecule has 0 aliphatic rings. The molecule has 1 unspecified atom stereocenters. The lowest BCUT2D eigenvalue weighted by molar-refractivity contribution is -0.137. The highest BCUT2D eigenvalue weighted by Gasteiger charge is 2.24. The Morgan fingerprint density at radius 2 is 1.86 bits per heavy atom. The van der Waals surface area contributed by atoms with Crippen LogP contribution < -0.4 is 5.32 Å². The number of amides is 1. The number of aliphatic carboxylic acids is 1. The number of aryl methyl sites for hydroxylation is 1. The predicted octanol–water partition coefficient (Wildman–Crippen LogP) is 4.32. The van der Waals surface area contributed by atoms with Crippen LogP contribution in [0.15, 0.2) is 65.3 Å². The fourth-order valence-electron chi connectivity index (χ4n) is 4.54. The van der Waals surface area contributed by atoms with E-state index in [-0.39, 0.29) is 18.7 Å². The van der Waals surface area contributed by atoms with Crippen molar-refractivity contribution in [3.8, 4) is 22.6 Å². The molecule has 3 N–H and O–H groups in total. The van der Waals surface area contributed by atoms with Crippen LogP contribution >= 0.6 is 11.6 Å². The van der Waals surface area contributed by atoms with Crippen LogP contribution in [0.5, 0.6) is 0 Å². The molecule has 2 aromatic carbocycles. The fraction of sp³-hybridized carbons (Fsp3) is 0.241. The average molecular weight is 587 g/mol. The van der Waals surface area contributed by atoms with E-state index in [1.165, 1.54) is 0 Å². The number of carbonyl (C=O) groups excluding carboxylic acids is 1. The number of hydrogen-bond acceptors (Lipinski definition) is 9. The highest BCUT2D eigenvalue weighted by Crippen LogP contribution is 2.28. The number of carbonyl (C=O) groups is 2. The maximum absolute atomic E-state index is 13.1. The molecular weight excluding hydrogens is 560 g/mol. The van der Waals surface area contributed by atoms with Crippen molar-refractivity contribution in [2.24, 2.45) is 0 Å². The first kappa shape index (κ1) is 28.6. The zero-order valence-electron chi connectivity index (χ0n) is 22.6. The lowest BCUT2D eigenvalue weighted by Gasteiger charge is -2.16. The molecule has 0 radical (unpaired) electrons. The number of carboxylic acids is 1. The molecule has 0 spiro atoms. The Morgan fingerprint density at radius 3 is 2.55 bits per heavy atom. The summed E-state index contributed by atoms with van der Waals surface area (Å²) in [5.41, 5.74) is 4.13. The summed E-state index contributed by atoms with van der Waals surface area (Å²) in [6.07, 6.45) is 4.90. The number of aromatic amines is 1. The molecular formula is C29H27ClN8O4. The summed E-state index contributed by atoms with van der Waals surface area (Å²) in [6, 6.07) is 13.9. The number of nitrogens with one attached hydrogen (secondary N) is 2. The number of oxazole rings is 1. The Hall–Kier alpha value is -4.97. The maximum Gasteiger partial charge on any atom is 0.307 e. The number of H-pyrrole nitrogens is 1. The van der Waals surface area contributed by atoms with E-state index in [2.05, 4.69) is 40.9 Å². The Kier molecular flexibility index (Phi) is 8.93. The molecule has 1 atom stereocenters. The number of benzene rings is 2. The van der Waals surface area contributed by atoms with Crippen molar-refractivity contribution < 1.29 is 19.1 Å². The molecule has 3 aromatic heterocycles. The summed E-state index contributed by atoms with van der Waals surface area (Å²) in [7, 11) is 0. The monoisotopic (exact) mass is 586 g/mol. The van der Waals surface area contributed by atoms with Gasteiger partial charge < -0.3 is 14.8 Å². The number of halogens is 1. The van der Waals surface area contributed by atoms with Crippen molar-refractivity contribution in [3.05, 3.63) is 94.5 Å². The van der Waals surface area contributed by atoms with Gasteiger partial charge in [-0.1, -0.05) is 61.0 Å². The summed E-state index contributed by atoms with van der Waals surface area (Å²) in [4.78, 5) is 38.3. The number of aromatic nitrogens is 7. The van der Waals surface area contributed by atoms with E-state index in [1.54, 1.807) is 36.7 Å². The average Bonchev–Trinajstić information content (AvgIpc) is 3.66. The van der Waals surface area contributed by atoms with Crippen LogP contribution in [0.1, 0.15) is 53.2 Å². The second kappa shape index (κ2) is 13.1. The largest absolute Gasteiger partial charge is 0.481 e. The van der Waals surface area contributed by atoms with E-state index in [1.807, 2.05) is 31.2 Å². The molecule has 0 saturated heterocycles. The molecule has 3 heterocycles. The maximum atomic E-state index is 13.1. The van der Waals surface area contributed by atoms with Crippen molar-refractivity contribution in [2.45, 2.75) is 45.1 Å². The molecule has 0 aliphatic carbocycles. The van der Waals surface area contributed by atoms with Gasteiger partial charge in [-0.2, -0.15) is 5.21 Å². The molecule has 0 fully saturated rings. The lowest BCUT2D eigenvalue weighted by atomic mass is 10.0. The van der Waals surface area contributed by atoms with Crippen LogP contribution in [0.25, 0.3) is 22.6 Å². The van der Waals surface area contributed by atoms with E-state index >= 15 is 0 Å². The van der Waals surface area contributed by atoms with Gasteiger partial charge in [-0.3, -0.25) is 19.6 Å². The molecule has 0 aliphatic heterocycles. The van der Waals surface area contributed by atoms with Crippen LogP contribution in [0.2, 0.25) is 5.02 Å². The van der Waals surface area contributed by atoms with Crippen LogP contribution in [-0.4, -0.2) is 58.6 Å². The van der Waals surface area contributed by atoms with Gasteiger partial charge in [0.05, 0.1) is 29.7 Å². The lowest BCUT2D eigenvalue weighted by Crippen LogP contribution is -2.38. The number of tetrazole rings is 1. The molecule has 214 valence electrons. The minimum absolute atomic E-state index is 0.137. The molecule has 12 nitrogen and oxygen atoms in total. The smallest absolute Gasteiger partial charge is 0.307 e. The van der Waals surface area contributed by atoms with E-state index in [0.29, 0.717) is 46.5 Å². The van der Waals surface area contributed by atoms with Gasteiger partial charge in [0, 0.05) is 41.2 Å². The third kappa shape index (κ3) is 6.84. The summed E-state index contributed by atoms with van der Waals surface area (Å²) in [6.45, 7) is 1.99. The summed E-state index contributed by atoms with van der Waals surface area (Å²) in [5.74, 6) is -0.768. The second-order valence-corrected chi connectivity index (χ2v) is 9.96. The van der Waals surface area contributed by atoms with Crippen LogP contribution in [0.3, 0.4) is 0 Å². The van der Waals surface area contributed by atoms with E-state index < -0.39 is 17.9 Å². The summed E-state index contributed by atoms with van der Waals surface area (Å²) < 4.78 is 5.85. The molecule has 5 aromatic rings. The van der Waals surface area contributed by atoms with Crippen molar-refractivity contribution in [2.75, 3.05) is 0 Å². The quantitative estimate of drug-likeness (QED) is 0.191. The third-order valence-electron chi connectivity index (χ3n) is 6.47. The fourth-order valence-corrected chi connectivity index (χ4v) is 4.75. The topological polar surface area (TPSA) is 173 Å². The van der Waals surface area contributed by atoms with Crippen molar-refractivity contribution in [1.29, 1.82) is 0 Å². The SMILES string of the molecule is CCCc1oc(C(=O)NC(CC(=O)O)Cc2ccccc2Cl)nc1Cc1cnc(-c2ccccc2-c2nn[nH]n2)cn1. The van der Waals surface area contributed by atoms with Gasteiger partial charge in [0.15, 0.2) is 0 Å². The zero-order chi connectivity index (χ0) is 29.5. The standard InChI is InChI=1S/C29H27ClN8O4/c1-2-7-25-23(13-19-15-32-24(16-31-19)20-9-4-5-10-21(20)27-35-37-38-36-27)34-29(42-25)28(41)33-18(14-26(39)40)12-17-8-3-6-11-22(17)30/h3-6,8-11,15-16,18H,2,7,12-14H2,1H3,(H,33,41)(H,39,40)(H,35,36,37,38). The third-order valence-corrected chi connectivity index (χ3v) is 6.84. The zero-order valence-corrected chi connectivity index (χ0v) is 23.4. The Balaban J connectivity index is 1.33. The predicted molar refractivity (Wildman–Crippen MR) is 153 cm³/mol. The highest BCUT2D eigenvalue weighted by molar-refractivity contribution is 6.31. The first-order valence-corrected chi connectivity index (χ1v) is 13.7. The van der Waals surface area contributed by atoms with Gasteiger partial charge in [0.1, 0.15) is 5.76 Å². The molecule has 0 bridgehead atoms. The van der Waals surface area contributed by atoms with Gasteiger partial charge in [0.25, 0.3) is 5.89 Å². The first-order chi connectivity index (χ1) is 20.4. The Morgan fingerprint density at radius 1 is 1.07 bits per heavy atom.